The lowest BCUT2D eigenvalue weighted by Crippen LogP contribution is -2.45. The van der Waals surface area contributed by atoms with E-state index in [4.69, 9.17) is 10.5 Å². The van der Waals surface area contributed by atoms with Gasteiger partial charge in [-0.15, -0.1) is 0 Å². The minimum atomic E-state index is -4.43. The smallest absolute Gasteiger partial charge is 0.378 e. The lowest BCUT2D eigenvalue weighted by molar-refractivity contribution is -0.139. The molecule has 3 unspecified atom stereocenters. The molecule has 2 aromatic carbocycles. The van der Waals surface area contributed by atoms with Crippen molar-refractivity contribution in [2.24, 2.45) is 11.7 Å². The van der Waals surface area contributed by atoms with E-state index in [2.05, 4.69) is 5.32 Å². The van der Waals surface area contributed by atoms with Crippen LogP contribution >= 0.6 is 0 Å². The van der Waals surface area contributed by atoms with Gasteiger partial charge in [0, 0.05) is 43.7 Å². The van der Waals surface area contributed by atoms with E-state index in [1.165, 1.54) is 19.1 Å². The van der Waals surface area contributed by atoms with E-state index in [1.807, 2.05) is 30.3 Å². The van der Waals surface area contributed by atoms with Gasteiger partial charge in [-0.05, 0) is 36.6 Å². The highest BCUT2D eigenvalue weighted by molar-refractivity contribution is 5.73. The Morgan fingerprint density at radius 1 is 1.19 bits per heavy atom. The lowest BCUT2D eigenvalue weighted by atomic mass is 9.76. The van der Waals surface area contributed by atoms with Crippen molar-refractivity contribution in [1.82, 2.24) is 4.90 Å². The summed E-state index contributed by atoms with van der Waals surface area (Å²) in [6.45, 7) is 2.64. The molecule has 3 N–H and O–H groups in total. The summed E-state index contributed by atoms with van der Waals surface area (Å²) in [6.07, 6.45) is -3.70. The van der Waals surface area contributed by atoms with Crippen LogP contribution in [0.4, 0.5) is 18.9 Å². The first-order valence-electron chi connectivity index (χ1n) is 10.9. The number of nitrogens with zero attached hydrogens (tertiary/aromatic N) is 1. The number of hydrogen-bond donors (Lipinski definition) is 2. The molecule has 0 saturated carbocycles. The fourth-order valence-electron chi connectivity index (χ4n) is 4.84. The fraction of sp³-hybridized carbons (Fsp3) is 0.458. The van der Waals surface area contributed by atoms with Crippen molar-refractivity contribution >= 4 is 11.6 Å². The molecular weight excluding hydrogens is 419 g/mol. The van der Waals surface area contributed by atoms with Gasteiger partial charge in [-0.25, -0.2) is 0 Å². The van der Waals surface area contributed by atoms with E-state index in [-0.39, 0.29) is 24.0 Å². The third kappa shape index (κ3) is 4.61. The molecule has 0 aromatic heterocycles. The maximum Gasteiger partial charge on any atom is 0.416 e. The zero-order valence-electron chi connectivity index (χ0n) is 17.9. The molecule has 172 valence electrons. The third-order valence-corrected chi connectivity index (χ3v) is 6.40. The third-order valence-electron chi connectivity index (χ3n) is 6.40. The van der Waals surface area contributed by atoms with Gasteiger partial charge >= 0.3 is 6.18 Å². The molecule has 2 aliphatic rings. The van der Waals surface area contributed by atoms with Crippen LogP contribution in [0.1, 0.15) is 48.6 Å². The van der Waals surface area contributed by atoms with Crippen LogP contribution in [0.3, 0.4) is 0 Å². The van der Waals surface area contributed by atoms with E-state index in [0.29, 0.717) is 30.9 Å². The summed E-state index contributed by atoms with van der Waals surface area (Å²) in [5.41, 5.74) is 7.19. The minimum Gasteiger partial charge on any atom is -0.378 e. The molecule has 1 saturated heterocycles. The average molecular weight is 448 g/mol. The van der Waals surface area contributed by atoms with Crippen molar-refractivity contribution in [3.05, 3.63) is 65.2 Å². The van der Waals surface area contributed by atoms with Gasteiger partial charge < -0.3 is 20.7 Å². The highest BCUT2D eigenvalue weighted by atomic mass is 19.4. The van der Waals surface area contributed by atoms with Crippen molar-refractivity contribution in [3.8, 4) is 0 Å². The summed E-state index contributed by atoms with van der Waals surface area (Å²) in [6, 6.07) is 13.6. The summed E-state index contributed by atoms with van der Waals surface area (Å²) in [5.74, 6) is -0.113. The van der Waals surface area contributed by atoms with E-state index < -0.39 is 17.8 Å². The predicted molar refractivity (Wildman–Crippen MR) is 116 cm³/mol. The molecule has 2 heterocycles. The van der Waals surface area contributed by atoms with Crippen LogP contribution in [0, 0.1) is 5.92 Å². The van der Waals surface area contributed by atoms with Crippen LogP contribution in [0.25, 0.3) is 0 Å². The molecule has 2 aromatic rings. The van der Waals surface area contributed by atoms with E-state index in [1.54, 1.807) is 4.90 Å². The quantitative estimate of drug-likeness (QED) is 0.708. The van der Waals surface area contributed by atoms with Crippen LogP contribution in [0.5, 0.6) is 0 Å². The number of anilines is 1. The highest BCUT2D eigenvalue weighted by Gasteiger charge is 2.44. The number of alkyl halides is 3. The Labute approximate surface area is 185 Å². The van der Waals surface area contributed by atoms with Gasteiger partial charge in [0.1, 0.15) is 0 Å². The van der Waals surface area contributed by atoms with E-state index in [0.717, 1.165) is 24.5 Å². The Balaban J connectivity index is 1.67. The van der Waals surface area contributed by atoms with Gasteiger partial charge in [0.2, 0.25) is 5.91 Å². The molecule has 0 spiro atoms. The first kappa shape index (κ1) is 22.6. The number of nitrogens with one attached hydrogen (secondary N) is 1. The number of nitrogens with two attached hydrogens (primary N) is 1. The molecular formula is C24H28F3N3O2. The maximum absolute atomic E-state index is 13.4. The second kappa shape index (κ2) is 9.11. The average Bonchev–Trinajstić information content (AvgIpc) is 2.77. The Morgan fingerprint density at radius 2 is 1.94 bits per heavy atom. The van der Waals surface area contributed by atoms with Gasteiger partial charge in [0.15, 0.2) is 0 Å². The summed E-state index contributed by atoms with van der Waals surface area (Å²) >= 11 is 0. The summed E-state index contributed by atoms with van der Waals surface area (Å²) in [4.78, 5) is 13.6. The van der Waals surface area contributed by atoms with Gasteiger partial charge in [-0.2, -0.15) is 13.2 Å². The van der Waals surface area contributed by atoms with Gasteiger partial charge in [0.05, 0.1) is 23.8 Å². The van der Waals surface area contributed by atoms with E-state index in [9.17, 15) is 18.0 Å². The number of carbonyl (C=O) groups is 1. The number of benzene rings is 2. The van der Waals surface area contributed by atoms with Crippen LogP contribution in [-0.2, 0) is 15.7 Å². The predicted octanol–water partition coefficient (Wildman–Crippen LogP) is 4.52. The Morgan fingerprint density at radius 3 is 2.59 bits per heavy atom. The molecule has 4 rings (SSSR count). The lowest BCUT2D eigenvalue weighted by Gasteiger charge is -2.46. The Bertz CT molecular complexity index is 951. The summed E-state index contributed by atoms with van der Waals surface area (Å²) in [7, 11) is 0. The number of fused-ring (bicyclic) bond motifs is 3. The molecule has 0 aliphatic carbocycles. The molecule has 4 atom stereocenters. The molecule has 1 fully saturated rings. The topological polar surface area (TPSA) is 67.6 Å². The van der Waals surface area contributed by atoms with Gasteiger partial charge in [-0.1, -0.05) is 30.3 Å². The molecule has 8 heteroatoms. The SMILES string of the molecule is CC(=O)N(CCN)CC1CCC2C(O1)c1cc(C(F)(F)F)ccc1N[C@H]2c1ccccc1. The van der Waals surface area contributed by atoms with Crippen LogP contribution in [0.15, 0.2) is 48.5 Å². The molecule has 1 amide bonds. The molecule has 2 aliphatic heterocycles. The van der Waals surface area contributed by atoms with Crippen molar-refractivity contribution in [2.45, 2.75) is 44.2 Å². The Hall–Kier alpha value is -2.58. The second-order valence-corrected chi connectivity index (χ2v) is 8.51. The number of carbonyl (C=O) groups excluding carboxylic acids is 1. The van der Waals surface area contributed by atoms with Crippen molar-refractivity contribution in [3.63, 3.8) is 0 Å². The highest BCUT2D eigenvalue weighted by Crippen LogP contribution is 2.51. The van der Waals surface area contributed by atoms with Crippen LogP contribution < -0.4 is 11.1 Å². The minimum absolute atomic E-state index is 0.0232. The van der Waals surface area contributed by atoms with Crippen LogP contribution in [0.2, 0.25) is 0 Å². The molecule has 0 bridgehead atoms. The summed E-state index contributed by atoms with van der Waals surface area (Å²) < 4.78 is 46.7. The number of ether oxygens (including phenoxy) is 1. The normalized spacial score (nSPS) is 24.8. The first-order valence-corrected chi connectivity index (χ1v) is 10.9. The van der Waals surface area contributed by atoms with E-state index >= 15 is 0 Å². The maximum atomic E-state index is 13.4. The molecule has 32 heavy (non-hydrogen) atoms. The Kier molecular flexibility index (Phi) is 6.44. The monoisotopic (exact) mass is 447 g/mol. The van der Waals surface area contributed by atoms with Crippen molar-refractivity contribution < 1.29 is 22.7 Å². The van der Waals surface area contributed by atoms with Crippen LogP contribution in [-0.4, -0.2) is 36.5 Å². The zero-order valence-corrected chi connectivity index (χ0v) is 17.9. The molecule has 0 radical (unpaired) electrons. The number of rotatable bonds is 5. The fourth-order valence-corrected chi connectivity index (χ4v) is 4.84. The van der Waals surface area contributed by atoms with Gasteiger partial charge in [0.25, 0.3) is 0 Å². The second-order valence-electron chi connectivity index (χ2n) is 8.51. The standard InChI is InChI=1S/C24H28F3N3O2/c1-15(31)30(12-11-28)14-18-8-9-19-22(16-5-3-2-4-6-16)29-21-10-7-17(24(25,26)27)13-20(21)23(19)32-18/h2-7,10,13,18-19,22-23,29H,8-9,11-12,14,28H2,1H3/t18?,19?,22-,23?/m0/s1. The zero-order chi connectivity index (χ0) is 22.9. The van der Waals surface area contributed by atoms with Crippen molar-refractivity contribution in [2.75, 3.05) is 25.0 Å². The molecule has 5 nitrogen and oxygen atoms in total. The van der Waals surface area contributed by atoms with Crippen molar-refractivity contribution in [1.29, 1.82) is 0 Å². The number of hydrogen-bond acceptors (Lipinski definition) is 4. The van der Waals surface area contributed by atoms with Gasteiger partial charge in [-0.3, -0.25) is 4.79 Å². The first-order chi connectivity index (χ1) is 15.3. The number of halogens is 3. The summed E-state index contributed by atoms with van der Waals surface area (Å²) in [5, 5.41) is 3.46. The number of amides is 1. The largest absolute Gasteiger partial charge is 0.416 e.